The van der Waals surface area contributed by atoms with Gasteiger partial charge >= 0.3 is 8.16 Å². The van der Waals surface area contributed by atoms with E-state index in [1.54, 1.807) is 0 Å². The highest BCUT2D eigenvalue weighted by Gasteiger charge is 2.13. The fraction of sp³-hybridized carbons (Fsp3) is 0.333. The van der Waals surface area contributed by atoms with Gasteiger partial charge in [0, 0.05) is 23.5 Å². The van der Waals surface area contributed by atoms with Crippen molar-refractivity contribution < 1.29 is 8.39 Å². The number of para-hydroxylation sites is 1. The van der Waals surface area contributed by atoms with Gasteiger partial charge in [0.15, 0.2) is 0 Å². The Balaban J connectivity index is 1.93. The summed E-state index contributed by atoms with van der Waals surface area (Å²) in [5.41, 5.74) is 5.60. The summed E-state index contributed by atoms with van der Waals surface area (Å²) < 4.78 is 15.1. The summed E-state index contributed by atoms with van der Waals surface area (Å²) in [7, 11) is 0.722. The van der Waals surface area contributed by atoms with Crippen molar-refractivity contribution in [1.29, 1.82) is 0 Å². The molecule has 1 aromatic heterocycles. The molecule has 0 unspecified atom stereocenters. The third-order valence-corrected chi connectivity index (χ3v) is 7.17. The Labute approximate surface area is 186 Å². The SMILES string of the molecule is CCCCc1ccc2op(N(C)c3ccccc3)oc3ccc(CCCC)cc3c2c1. The lowest BCUT2D eigenvalue weighted by Gasteiger charge is -2.14. The summed E-state index contributed by atoms with van der Waals surface area (Å²) in [6.07, 6.45) is 6.97. The van der Waals surface area contributed by atoms with E-state index in [1.807, 2.05) is 25.2 Å². The van der Waals surface area contributed by atoms with Crippen LogP contribution in [0.25, 0.3) is 21.9 Å². The summed E-state index contributed by atoms with van der Waals surface area (Å²) in [6.45, 7) is 4.48. The molecule has 4 rings (SSSR count). The maximum atomic E-state index is 6.50. The number of rotatable bonds is 8. The average Bonchev–Trinajstić information content (AvgIpc) is 2.97. The zero-order chi connectivity index (χ0) is 21.6. The molecule has 0 bridgehead atoms. The van der Waals surface area contributed by atoms with Crippen LogP contribution < -0.4 is 4.67 Å². The quantitative estimate of drug-likeness (QED) is 0.278. The Morgan fingerprint density at radius 1 is 0.710 bits per heavy atom. The molecule has 3 aromatic carbocycles. The fourth-order valence-corrected chi connectivity index (χ4v) is 5.11. The molecular formula is C27H32NO2P. The average molecular weight is 434 g/mol. The molecule has 0 N–H and O–H groups in total. The first-order valence-electron chi connectivity index (χ1n) is 11.4. The predicted octanol–water partition coefficient (Wildman–Crippen LogP) is 8.87. The third-order valence-electron chi connectivity index (χ3n) is 5.74. The maximum Gasteiger partial charge on any atom is 0.341 e. The Kier molecular flexibility index (Phi) is 7.04. The highest BCUT2D eigenvalue weighted by Crippen LogP contribution is 2.40. The van der Waals surface area contributed by atoms with Crippen molar-refractivity contribution in [3.8, 4) is 0 Å². The van der Waals surface area contributed by atoms with Crippen LogP contribution >= 0.6 is 8.16 Å². The standard InChI is InChI=1S/C27H32NO2P/c1-4-6-11-21-15-17-26-24(19-21)25-20-22(12-7-5-2)16-18-27(25)30-31(29-26)28(3)23-13-9-8-10-14-23/h8-10,13-20H,4-7,11-12H2,1-3H3. The van der Waals surface area contributed by atoms with Gasteiger partial charge in [0.25, 0.3) is 0 Å². The first-order chi connectivity index (χ1) is 15.2. The summed E-state index contributed by atoms with van der Waals surface area (Å²) in [6, 6.07) is 23.6. The molecule has 4 aromatic rings. The first-order valence-corrected chi connectivity index (χ1v) is 12.5. The van der Waals surface area contributed by atoms with Gasteiger partial charge in [-0.1, -0.05) is 57.0 Å². The number of fused-ring (bicyclic) bond motifs is 3. The van der Waals surface area contributed by atoms with E-state index in [1.165, 1.54) is 36.8 Å². The van der Waals surface area contributed by atoms with Crippen LogP contribution in [0, 0.1) is 0 Å². The number of anilines is 1. The monoisotopic (exact) mass is 433 g/mol. The lowest BCUT2D eigenvalue weighted by Crippen LogP contribution is -2.03. The van der Waals surface area contributed by atoms with E-state index in [0.29, 0.717) is 0 Å². The minimum atomic E-state index is -1.32. The molecular weight excluding hydrogens is 401 g/mol. The van der Waals surface area contributed by atoms with Gasteiger partial charge in [-0.3, -0.25) is 4.67 Å². The maximum absolute atomic E-state index is 6.50. The van der Waals surface area contributed by atoms with Crippen LogP contribution in [0.3, 0.4) is 0 Å². The second-order valence-electron chi connectivity index (χ2n) is 8.15. The van der Waals surface area contributed by atoms with Gasteiger partial charge in [-0.25, -0.2) is 0 Å². The minimum Gasteiger partial charge on any atom is -0.404 e. The molecule has 0 aliphatic rings. The summed E-state index contributed by atoms with van der Waals surface area (Å²) in [5, 5.41) is 2.29. The van der Waals surface area contributed by atoms with E-state index in [2.05, 4.69) is 67.0 Å². The second-order valence-corrected chi connectivity index (χ2v) is 9.59. The highest BCUT2D eigenvalue weighted by molar-refractivity contribution is 7.39. The van der Waals surface area contributed by atoms with Gasteiger partial charge in [-0.15, -0.1) is 0 Å². The Morgan fingerprint density at radius 2 is 1.23 bits per heavy atom. The molecule has 0 aliphatic carbocycles. The molecule has 162 valence electrons. The highest BCUT2D eigenvalue weighted by atomic mass is 31.1. The van der Waals surface area contributed by atoms with Gasteiger partial charge in [0.2, 0.25) is 0 Å². The lowest BCUT2D eigenvalue weighted by molar-refractivity contribution is 0.637. The van der Waals surface area contributed by atoms with E-state index in [0.717, 1.165) is 40.5 Å². The van der Waals surface area contributed by atoms with Crippen molar-refractivity contribution in [2.75, 3.05) is 11.7 Å². The van der Waals surface area contributed by atoms with E-state index in [9.17, 15) is 0 Å². The largest absolute Gasteiger partial charge is 0.404 e. The van der Waals surface area contributed by atoms with Crippen LogP contribution in [0.4, 0.5) is 5.69 Å². The Bertz CT molecular complexity index is 1110. The van der Waals surface area contributed by atoms with Crippen LogP contribution in [-0.4, -0.2) is 7.05 Å². The topological polar surface area (TPSA) is 29.5 Å². The molecule has 3 nitrogen and oxygen atoms in total. The fourth-order valence-electron chi connectivity index (χ4n) is 3.85. The molecule has 31 heavy (non-hydrogen) atoms. The van der Waals surface area contributed by atoms with E-state index < -0.39 is 8.16 Å². The van der Waals surface area contributed by atoms with Gasteiger partial charge in [-0.05, 0) is 73.2 Å². The van der Waals surface area contributed by atoms with E-state index in [-0.39, 0.29) is 0 Å². The van der Waals surface area contributed by atoms with Crippen LogP contribution in [0.5, 0.6) is 0 Å². The normalized spacial score (nSPS) is 11.2. The molecule has 4 heteroatoms. The zero-order valence-corrected chi connectivity index (χ0v) is 19.7. The van der Waals surface area contributed by atoms with Crippen molar-refractivity contribution >= 4 is 35.8 Å². The molecule has 1 heterocycles. The summed E-state index contributed by atoms with van der Waals surface area (Å²) in [5.74, 6) is 0. The van der Waals surface area contributed by atoms with Crippen molar-refractivity contribution in [2.45, 2.75) is 52.4 Å². The molecule has 0 saturated carbocycles. The van der Waals surface area contributed by atoms with Crippen LogP contribution in [0.1, 0.15) is 50.7 Å². The van der Waals surface area contributed by atoms with Gasteiger partial charge in [-0.2, -0.15) is 0 Å². The molecule has 0 amide bonds. The van der Waals surface area contributed by atoms with Crippen LogP contribution in [0.15, 0.2) is 75.1 Å². The smallest absolute Gasteiger partial charge is 0.341 e. The van der Waals surface area contributed by atoms with Crippen molar-refractivity contribution in [1.82, 2.24) is 0 Å². The molecule has 0 aliphatic heterocycles. The molecule has 0 atom stereocenters. The van der Waals surface area contributed by atoms with Gasteiger partial charge in [0.1, 0.15) is 11.2 Å². The number of benzene rings is 3. The Morgan fingerprint density at radius 3 is 1.71 bits per heavy atom. The van der Waals surface area contributed by atoms with Gasteiger partial charge < -0.3 is 8.39 Å². The molecule has 0 spiro atoms. The second kappa shape index (κ2) is 10.1. The van der Waals surface area contributed by atoms with Crippen LogP contribution in [0.2, 0.25) is 0 Å². The number of hydrogen-bond donors (Lipinski definition) is 0. The minimum absolute atomic E-state index is 0.903. The van der Waals surface area contributed by atoms with E-state index in [4.69, 9.17) is 8.39 Å². The van der Waals surface area contributed by atoms with Gasteiger partial charge in [0.05, 0.1) is 0 Å². The number of aryl methyl sites for hydroxylation is 2. The third kappa shape index (κ3) is 4.99. The first kappa shape index (κ1) is 21.6. The summed E-state index contributed by atoms with van der Waals surface area (Å²) in [4.78, 5) is 0. The molecule has 0 radical (unpaired) electrons. The van der Waals surface area contributed by atoms with Crippen LogP contribution in [-0.2, 0) is 12.8 Å². The number of hydrogen-bond acceptors (Lipinski definition) is 3. The zero-order valence-electron chi connectivity index (χ0n) is 18.8. The summed E-state index contributed by atoms with van der Waals surface area (Å²) >= 11 is 0. The number of unbranched alkanes of at least 4 members (excludes halogenated alkanes) is 2. The molecule has 0 saturated heterocycles. The van der Waals surface area contributed by atoms with E-state index >= 15 is 0 Å². The lowest BCUT2D eigenvalue weighted by atomic mass is 10.0. The van der Waals surface area contributed by atoms with Crippen molar-refractivity contribution in [2.24, 2.45) is 0 Å². The van der Waals surface area contributed by atoms with Crippen molar-refractivity contribution in [3.05, 3.63) is 77.9 Å². The van der Waals surface area contributed by atoms with Crippen molar-refractivity contribution in [3.63, 3.8) is 0 Å². The number of nitrogens with zero attached hydrogens (tertiary/aromatic N) is 1. The predicted molar refractivity (Wildman–Crippen MR) is 134 cm³/mol. The molecule has 0 fully saturated rings. The Hall–Kier alpha value is -2.64.